The fraction of sp³-hybridized carbons (Fsp3) is 0.227. The fourth-order valence-electron chi connectivity index (χ4n) is 2.95. The number of carboxylic acids is 1. The van der Waals surface area contributed by atoms with E-state index in [4.69, 9.17) is 5.11 Å². The molecule has 0 saturated heterocycles. The normalized spacial score (nSPS) is 10.6. The van der Waals surface area contributed by atoms with Gasteiger partial charge in [-0.05, 0) is 50.2 Å². The van der Waals surface area contributed by atoms with Crippen LogP contribution in [0.2, 0.25) is 0 Å². The zero-order chi connectivity index (χ0) is 23.1. The SMILES string of the molecule is CCn1c(CNC(=O)c2cccc(C)c2)nnc1SCC(=O)Nc1ccc(C(=O)O)cc1. The Morgan fingerprint density at radius 2 is 1.81 bits per heavy atom. The molecule has 1 aromatic heterocycles. The van der Waals surface area contributed by atoms with E-state index in [0.717, 1.165) is 5.56 Å². The first kappa shape index (κ1) is 23.0. The molecule has 0 saturated carbocycles. The summed E-state index contributed by atoms with van der Waals surface area (Å²) in [6.45, 7) is 4.66. The van der Waals surface area contributed by atoms with Crippen molar-refractivity contribution in [3.05, 3.63) is 71.0 Å². The van der Waals surface area contributed by atoms with Gasteiger partial charge in [-0.1, -0.05) is 29.5 Å². The Morgan fingerprint density at radius 1 is 1.06 bits per heavy atom. The van der Waals surface area contributed by atoms with E-state index in [-0.39, 0.29) is 29.7 Å². The zero-order valence-corrected chi connectivity index (χ0v) is 18.5. The van der Waals surface area contributed by atoms with Crippen molar-refractivity contribution < 1.29 is 19.5 Å². The van der Waals surface area contributed by atoms with Crippen molar-refractivity contribution in [2.45, 2.75) is 32.1 Å². The summed E-state index contributed by atoms with van der Waals surface area (Å²) in [6.07, 6.45) is 0. The van der Waals surface area contributed by atoms with Gasteiger partial charge in [-0.15, -0.1) is 10.2 Å². The number of carbonyl (C=O) groups is 3. The van der Waals surface area contributed by atoms with Gasteiger partial charge in [0.2, 0.25) is 5.91 Å². The van der Waals surface area contributed by atoms with E-state index >= 15 is 0 Å². The van der Waals surface area contributed by atoms with E-state index in [2.05, 4.69) is 20.8 Å². The number of aromatic carboxylic acids is 1. The van der Waals surface area contributed by atoms with Gasteiger partial charge in [0, 0.05) is 17.8 Å². The number of carboxylic acid groups (broad SMARTS) is 1. The molecule has 1 heterocycles. The lowest BCUT2D eigenvalue weighted by atomic mass is 10.1. The molecule has 3 N–H and O–H groups in total. The molecule has 0 fully saturated rings. The zero-order valence-electron chi connectivity index (χ0n) is 17.7. The van der Waals surface area contributed by atoms with Crippen molar-refractivity contribution in [3.8, 4) is 0 Å². The molecule has 9 nitrogen and oxygen atoms in total. The third-order valence-electron chi connectivity index (χ3n) is 4.54. The Balaban J connectivity index is 1.55. The molecule has 0 aliphatic rings. The predicted molar refractivity (Wildman–Crippen MR) is 121 cm³/mol. The highest BCUT2D eigenvalue weighted by atomic mass is 32.2. The van der Waals surface area contributed by atoms with Crippen LogP contribution in [0.25, 0.3) is 0 Å². The maximum Gasteiger partial charge on any atom is 0.335 e. The van der Waals surface area contributed by atoms with Crippen LogP contribution in [0.3, 0.4) is 0 Å². The van der Waals surface area contributed by atoms with E-state index in [9.17, 15) is 14.4 Å². The average molecular weight is 454 g/mol. The summed E-state index contributed by atoms with van der Waals surface area (Å²) in [5.41, 5.74) is 2.24. The Morgan fingerprint density at radius 3 is 2.47 bits per heavy atom. The average Bonchev–Trinajstić information content (AvgIpc) is 3.18. The molecule has 32 heavy (non-hydrogen) atoms. The van der Waals surface area contributed by atoms with Crippen molar-refractivity contribution in [3.63, 3.8) is 0 Å². The van der Waals surface area contributed by atoms with Gasteiger partial charge in [0.05, 0.1) is 17.9 Å². The van der Waals surface area contributed by atoms with Gasteiger partial charge in [-0.2, -0.15) is 0 Å². The van der Waals surface area contributed by atoms with Crippen LogP contribution in [0, 0.1) is 6.92 Å². The Hall–Kier alpha value is -3.66. The molecule has 2 aromatic carbocycles. The number of anilines is 1. The first-order valence-electron chi connectivity index (χ1n) is 9.90. The first-order chi connectivity index (χ1) is 15.4. The number of amides is 2. The third kappa shape index (κ3) is 5.94. The molecule has 166 valence electrons. The smallest absolute Gasteiger partial charge is 0.335 e. The molecular formula is C22H23N5O4S. The van der Waals surface area contributed by atoms with Crippen molar-refractivity contribution in [2.75, 3.05) is 11.1 Å². The second kappa shape index (κ2) is 10.6. The quantitative estimate of drug-likeness (QED) is 0.425. The molecule has 0 atom stereocenters. The minimum absolute atomic E-state index is 0.106. The van der Waals surface area contributed by atoms with Gasteiger partial charge >= 0.3 is 5.97 Å². The monoisotopic (exact) mass is 453 g/mol. The highest BCUT2D eigenvalue weighted by molar-refractivity contribution is 7.99. The number of rotatable bonds is 9. The number of benzene rings is 2. The molecule has 0 radical (unpaired) electrons. The molecular weight excluding hydrogens is 430 g/mol. The number of aryl methyl sites for hydroxylation is 1. The Kier molecular flexibility index (Phi) is 7.61. The van der Waals surface area contributed by atoms with Crippen molar-refractivity contribution in [1.82, 2.24) is 20.1 Å². The van der Waals surface area contributed by atoms with E-state index < -0.39 is 5.97 Å². The van der Waals surface area contributed by atoms with E-state index in [0.29, 0.717) is 28.8 Å². The van der Waals surface area contributed by atoms with Crippen LogP contribution in [0.1, 0.15) is 39.0 Å². The molecule has 3 aromatic rings. The van der Waals surface area contributed by atoms with Gasteiger partial charge in [0.15, 0.2) is 11.0 Å². The lowest BCUT2D eigenvalue weighted by molar-refractivity contribution is -0.113. The molecule has 10 heteroatoms. The van der Waals surface area contributed by atoms with Crippen LogP contribution in [-0.4, -0.2) is 43.4 Å². The summed E-state index contributed by atoms with van der Waals surface area (Å²) in [6, 6.07) is 13.3. The molecule has 0 spiro atoms. The van der Waals surface area contributed by atoms with Gasteiger partial charge in [0.1, 0.15) is 0 Å². The summed E-state index contributed by atoms with van der Waals surface area (Å²) < 4.78 is 1.84. The minimum Gasteiger partial charge on any atom is -0.478 e. The molecule has 0 bridgehead atoms. The second-order valence-electron chi connectivity index (χ2n) is 6.91. The maximum atomic E-state index is 12.4. The van der Waals surface area contributed by atoms with Gasteiger partial charge in [0.25, 0.3) is 5.91 Å². The van der Waals surface area contributed by atoms with Crippen LogP contribution in [-0.2, 0) is 17.9 Å². The van der Waals surface area contributed by atoms with E-state index in [1.807, 2.05) is 36.6 Å². The standard InChI is InChI=1S/C22H23N5O4S/c1-3-27-18(12-23-20(29)16-6-4-5-14(2)11-16)25-26-22(27)32-13-19(28)24-17-9-7-15(8-10-17)21(30)31/h4-11H,3,12-13H2,1-2H3,(H,23,29)(H,24,28)(H,30,31). The molecule has 0 aliphatic heterocycles. The number of aromatic nitrogens is 3. The summed E-state index contributed by atoms with van der Waals surface area (Å²) in [5, 5.41) is 23.4. The Labute approximate surface area is 189 Å². The highest BCUT2D eigenvalue weighted by Crippen LogP contribution is 2.18. The first-order valence-corrected chi connectivity index (χ1v) is 10.9. The van der Waals surface area contributed by atoms with Crippen LogP contribution in [0.5, 0.6) is 0 Å². The highest BCUT2D eigenvalue weighted by Gasteiger charge is 2.15. The number of thioether (sulfide) groups is 1. The van der Waals surface area contributed by atoms with Crippen LogP contribution < -0.4 is 10.6 Å². The number of nitrogens with one attached hydrogen (secondary N) is 2. The van der Waals surface area contributed by atoms with Gasteiger partial charge in [-0.25, -0.2) is 4.79 Å². The summed E-state index contributed by atoms with van der Waals surface area (Å²) in [4.78, 5) is 35.5. The fourth-order valence-corrected chi connectivity index (χ4v) is 3.77. The maximum absolute atomic E-state index is 12.4. The number of hydrogen-bond donors (Lipinski definition) is 3. The Bertz CT molecular complexity index is 1130. The lowest BCUT2D eigenvalue weighted by Crippen LogP contribution is -2.25. The lowest BCUT2D eigenvalue weighted by Gasteiger charge is -2.09. The predicted octanol–water partition coefficient (Wildman–Crippen LogP) is 2.97. The van der Waals surface area contributed by atoms with Crippen molar-refractivity contribution in [2.24, 2.45) is 0 Å². The minimum atomic E-state index is -1.02. The van der Waals surface area contributed by atoms with Gasteiger partial charge < -0.3 is 20.3 Å². The molecule has 0 aliphatic carbocycles. The topological polar surface area (TPSA) is 126 Å². The number of hydrogen-bond acceptors (Lipinski definition) is 6. The largest absolute Gasteiger partial charge is 0.478 e. The molecule has 0 unspecified atom stereocenters. The van der Waals surface area contributed by atoms with Crippen LogP contribution in [0.4, 0.5) is 5.69 Å². The third-order valence-corrected chi connectivity index (χ3v) is 5.51. The number of nitrogens with zero attached hydrogens (tertiary/aromatic N) is 3. The van der Waals surface area contributed by atoms with E-state index in [1.54, 1.807) is 6.07 Å². The van der Waals surface area contributed by atoms with Gasteiger partial charge in [-0.3, -0.25) is 9.59 Å². The molecule has 2 amide bonds. The summed E-state index contributed by atoms with van der Waals surface area (Å²) in [7, 11) is 0. The summed E-state index contributed by atoms with van der Waals surface area (Å²) >= 11 is 1.23. The van der Waals surface area contributed by atoms with Crippen LogP contribution >= 0.6 is 11.8 Å². The van der Waals surface area contributed by atoms with E-state index in [1.165, 1.54) is 36.0 Å². The van der Waals surface area contributed by atoms with Crippen molar-refractivity contribution >= 4 is 35.2 Å². The summed E-state index contributed by atoms with van der Waals surface area (Å²) in [5.74, 6) is -0.766. The second-order valence-corrected chi connectivity index (χ2v) is 7.86. The number of carbonyl (C=O) groups excluding carboxylic acids is 2. The van der Waals surface area contributed by atoms with Crippen LogP contribution in [0.15, 0.2) is 53.7 Å². The molecule has 3 rings (SSSR count). The van der Waals surface area contributed by atoms with Crippen molar-refractivity contribution in [1.29, 1.82) is 0 Å².